The monoisotopic (exact) mass is 865 g/mol. The number of hydrogen-bond acceptors (Lipinski definition) is 3. The summed E-state index contributed by atoms with van der Waals surface area (Å²) in [7, 11) is 0. The van der Waals surface area contributed by atoms with Crippen LogP contribution in [0, 0.1) is 0 Å². The molecule has 0 saturated carbocycles. The number of allylic oxidation sites excluding steroid dienone is 6. The van der Waals surface area contributed by atoms with Crippen LogP contribution in [-0.4, -0.2) is 11.0 Å². The normalized spacial score (nSPS) is 14.8. The van der Waals surface area contributed by atoms with E-state index in [1.807, 2.05) is 6.20 Å². The molecule has 3 heteroatoms. The molecule has 1 unspecified atom stereocenters. The van der Waals surface area contributed by atoms with Crippen LogP contribution < -0.4 is 9.80 Å². The van der Waals surface area contributed by atoms with E-state index in [0.717, 1.165) is 64.0 Å². The maximum absolute atomic E-state index is 5.29. The molecule has 3 nitrogen and oxygen atoms in total. The minimum Gasteiger partial charge on any atom is -0.334 e. The highest BCUT2D eigenvalue weighted by Gasteiger charge is 2.22. The van der Waals surface area contributed by atoms with Crippen LogP contribution >= 0.6 is 0 Å². The fraction of sp³-hybridized carbons (Fsp3) is 0.109. The molecule has 10 rings (SSSR count). The molecular weight excluding hydrogens is 811 g/mol. The predicted octanol–water partition coefficient (Wildman–Crippen LogP) is 16.8. The standard InChI is InChI=1S/C64H55N3/c1-47(2)48-28-32-53(33-29-48)63(54-34-30-49(31-35-54)50-36-41-60(42-37-50)66(56-20-10-4-11-21-56)57-22-12-5-13-23-57)64(52-18-8-3-9-19-52)62-45-40-55(46-65-62)51-38-43-61(44-39-51)67(58-24-14-6-15-25-58)59-26-16-7-17-27-59/h3-12,14-22,24-43,45-47,61H,13,23,44H2,1-2H3/b64-63-. The van der Waals surface area contributed by atoms with Gasteiger partial charge in [0.25, 0.3) is 0 Å². The van der Waals surface area contributed by atoms with Gasteiger partial charge in [0.05, 0.1) is 11.7 Å². The highest BCUT2D eigenvalue weighted by Crippen LogP contribution is 2.40. The number of pyridine rings is 1. The van der Waals surface area contributed by atoms with Crippen LogP contribution in [0.25, 0.3) is 27.8 Å². The highest BCUT2D eigenvalue weighted by molar-refractivity contribution is 6.04. The maximum Gasteiger partial charge on any atom is 0.0714 e. The minimum atomic E-state index is 0.191. The molecule has 0 N–H and O–H groups in total. The molecule has 1 aromatic heterocycles. The van der Waals surface area contributed by atoms with E-state index >= 15 is 0 Å². The molecule has 0 saturated heterocycles. The molecule has 7 aromatic carbocycles. The van der Waals surface area contributed by atoms with Crippen LogP contribution in [0.5, 0.6) is 0 Å². The zero-order valence-corrected chi connectivity index (χ0v) is 38.3. The van der Waals surface area contributed by atoms with Gasteiger partial charge in [-0.2, -0.15) is 0 Å². The molecule has 1 atom stereocenters. The number of para-hydroxylation sites is 3. The summed E-state index contributed by atoms with van der Waals surface area (Å²) in [6, 6.07) is 74.6. The van der Waals surface area contributed by atoms with Gasteiger partial charge in [-0.05, 0) is 136 Å². The lowest BCUT2D eigenvalue weighted by atomic mass is 9.86. The zero-order chi connectivity index (χ0) is 45.4. The van der Waals surface area contributed by atoms with Crippen molar-refractivity contribution in [1.82, 2.24) is 4.98 Å². The molecule has 0 spiro atoms. The SMILES string of the molecule is CC(C)c1ccc(/C(=C(\c2ccccc2)c2ccc(C3=CCC(N(c4ccccc4)c4ccccc4)C=C3)cn2)c2ccc(-c3ccc(N(C4=CC=CCC4)c4ccccc4)cc3)cc2)cc1. The lowest BCUT2D eigenvalue weighted by Crippen LogP contribution is -2.30. The van der Waals surface area contributed by atoms with E-state index in [2.05, 4.69) is 266 Å². The molecule has 1 heterocycles. The molecule has 2 aliphatic carbocycles. The van der Waals surface area contributed by atoms with Gasteiger partial charge in [0.15, 0.2) is 0 Å². The van der Waals surface area contributed by atoms with Gasteiger partial charge in [-0.1, -0.05) is 196 Å². The van der Waals surface area contributed by atoms with Crippen molar-refractivity contribution in [2.75, 3.05) is 9.80 Å². The highest BCUT2D eigenvalue weighted by atomic mass is 15.2. The Hall–Kier alpha value is -8.01. The van der Waals surface area contributed by atoms with Crippen LogP contribution in [0.15, 0.2) is 255 Å². The molecular formula is C64H55N3. The number of aromatic nitrogens is 1. The zero-order valence-electron chi connectivity index (χ0n) is 38.3. The first-order valence-electron chi connectivity index (χ1n) is 23.6. The predicted molar refractivity (Wildman–Crippen MR) is 284 cm³/mol. The van der Waals surface area contributed by atoms with Crippen molar-refractivity contribution in [3.05, 3.63) is 288 Å². The summed E-state index contributed by atoms with van der Waals surface area (Å²) >= 11 is 0. The summed E-state index contributed by atoms with van der Waals surface area (Å²) in [5.41, 5.74) is 18.6. The molecule has 326 valence electrons. The third-order valence-electron chi connectivity index (χ3n) is 12.9. The van der Waals surface area contributed by atoms with Crippen LogP contribution in [0.2, 0.25) is 0 Å². The van der Waals surface area contributed by atoms with E-state index in [-0.39, 0.29) is 6.04 Å². The Balaban J connectivity index is 0.991. The lowest BCUT2D eigenvalue weighted by Gasteiger charge is -2.33. The van der Waals surface area contributed by atoms with Crippen molar-refractivity contribution in [1.29, 1.82) is 0 Å². The summed E-state index contributed by atoms with van der Waals surface area (Å²) < 4.78 is 0. The molecule has 0 radical (unpaired) electrons. The molecule has 0 bridgehead atoms. The molecule has 2 aliphatic rings. The average molecular weight is 866 g/mol. The van der Waals surface area contributed by atoms with Crippen LogP contribution in [0.3, 0.4) is 0 Å². The van der Waals surface area contributed by atoms with Gasteiger partial charge in [0.1, 0.15) is 0 Å². The Morgan fingerprint density at radius 2 is 1.04 bits per heavy atom. The quantitative estimate of drug-likeness (QED) is 0.108. The summed E-state index contributed by atoms with van der Waals surface area (Å²) in [5.74, 6) is 0.434. The molecule has 0 aliphatic heterocycles. The first-order valence-corrected chi connectivity index (χ1v) is 23.6. The van der Waals surface area contributed by atoms with Crippen molar-refractivity contribution in [3.8, 4) is 11.1 Å². The van der Waals surface area contributed by atoms with Gasteiger partial charge >= 0.3 is 0 Å². The number of nitrogens with zero attached hydrogens (tertiary/aromatic N) is 3. The van der Waals surface area contributed by atoms with E-state index in [0.29, 0.717) is 5.92 Å². The van der Waals surface area contributed by atoms with E-state index in [1.54, 1.807) is 0 Å². The van der Waals surface area contributed by atoms with Crippen molar-refractivity contribution in [3.63, 3.8) is 0 Å². The Morgan fingerprint density at radius 1 is 0.522 bits per heavy atom. The Kier molecular flexibility index (Phi) is 12.8. The van der Waals surface area contributed by atoms with Gasteiger partial charge in [0, 0.05) is 40.2 Å². The van der Waals surface area contributed by atoms with E-state index < -0.39 is 0 Å². The largest absolute Gasteiger partial charge is 0.334 e. The fourth-order valence-corrected chi connectivity index (χ4v) is 9.42. The summed E-state index contributed by atoms with van der Waals surface area (Å²) in [6.07, 6.45) is 18.6. The van der Waals surface area contributed by atoms with Crippen molar-refractivity contribution in [2.24, 2.45) is 0 Å². The second-order valence-corrected chi connectivity index (χ2v) is 17.6. The van der Waals surface area contributed by atoms with Crippen molar-refractivity contribution >= 4 is 39.5 Å². The van der Waals surface area contributed by atoms with Gasteiger partial charge in [-0.3, -0.25) is 4.98 Å². The topological polar surface area (TPSA) is 19.4 Å². The third kappa shape index (κ3) is 9.55. The summed E-state index contributed by atoms with van der Waals surface area (Å²) in [5, 5.41) is 0. The lowest BCUT2D eigenvalue weighted by molar-refractivity contribution is 0.787. The van der Waals surface area contributed by atoms with Gasteiger partial charge in [-0.15, -0.1) is 0 Å². The van der Waals surface area contributed by atoms with E-state index in [4.69, 9.17) is 4.98 Å². The Labute approximate surface area is 396 Å². The Morgan fingerprint density at radius 3 is 1.57 bits per heavy atom. The minimum absolute atomic E-state index is 0.191. The van der Waals surface area contributed by atoms with Gasteiger partial charge in [-0.25, -0.2) is 0 Å². The number of anilines is 4. The second kappa shape index (κ2) is 20.0. The Bertz CT molecular complexity index is 3010. The molecule has 8 aromatic rings. The number of rotatable bonds is 13. The summed E-state index contributed by atoms with van der Waals surface area (Å²) in [4.78, 5) is 10.1. The van der Waals surface area contributed by atoms with Gasteiger partial charge < -0.3 is 9.80 Å². The first-order chi connectivity index (χ1) is 33.1. The number of benzene rings is 7. The third-order valence-corrected chi connectivity index (χ3v) is 12.9. The van der Waals surface area contributed by atoms with Crippen molar-refractivity contribution < 1.29 is 0 Å². The van der Waals surface area contributed by atoms with Crippen LogP contribution in [0.1, 0.15) is 72.5 Å². The van der Waals surface area contributed by atoms with Crippen molar-refractivity contribution in [2.45, 2.75) is 45.1 Å². The smallest absolute Gasteiger partial charge is 0.0714 e. The number of hydrogen-bond donors (Lipinski definition) is 0. The fourth-order valence-electron chi connectivity index (χ4n) is 9.42. The van der Waals surface area contributed by atoms with Crippen LogP contribution in [0.4, 0.5) is 22.7 Å². The van der Waals surface area contributed by atoms with E-state index in [9.17, 15) is 0 Å². The molecule has 0 amide bonds. The average Bonchev–Trinajstić information content (AvgIpc) is 3.40. The van der Waals surface area contributed by atoms with E-state index in [1.165, 1.54) is 45.0 Å². The first kappa shape index (κ1) is 42.9. The summed E-state index contributed by atoms with van der Waals surface area (Å²) in [6.45, 7) is 4.50. The molecule has 0 fully saturated rings. The second-order valence-electron chi connectivity index (χ2n) is 17.6. The van der Waals surface area contributed by atoms with Crippen LogP contribution in [-0.2, 0) is 0 Å². The molecule has 67 heavy (non-hydrogen) atoms. The van der Waals surface area contributed by atoms with Gasteiger partial charge in [0.2, 0.25) is 0 Å². The maximum atomic E-state index is 5.29.